The van der Waals surface area contributed by atoms with Gasteiger partial charge in [0.1, 0.15) is 17.0 Å². The summed E-state index contributed by atoms with van der Waals surface area (Å²) < 4.78 is 38.1. The lowest BCUT2D eigenvalue weighted by atomic mass is 9.90. The Labute approximate surface area is 364 Å². The molecule has 0 aliphatic heterocycles. The third kappa shape index (κ3) is 33.4. The summed E-state index contributed by atoms with van der Waals surface area (Å²) in [5.74, 6) is -1.14. The molecule has 358 valence electrons. The van der Waals surface area contributed by atoms with E-state index in [-0.39, 0.29) is 50.1 Å². The first kappa shape index (κ1) is 58.1. The lowest BCUT2D eigenvalue weighted by molar-refractivity contribution is -0.148. The summed E-state index contributed by atoms with van der Waals surface area (Å²) in [4.78, 5) is 69.7. The van der Waals surface area contributed by atoms with E-state index < -0.39 is 41.4 Å². The Hall–Kier alpha value is -2.85. The lowest BCUT2D eigenvalue weighted by Gasteiger charge is -2.27. The number of Topliss-reactive ketones (excluding diaryl/α,β-unsaturated/α-hetero) is 2. The number of hydrogen-bond acceptors (Lipinski definition) is 17. The largest absolute Gasteiger partial charge is 0.444 e. The summed E-state index contributed by atoms with van der Waals surface area (Å²) in [6.45, 7) is 14.6. The van der Waals surface area contributed by atoms with Crippen LogP contribution < -0.4 is 28.3 Å². The van der Waals surface area contributed by atoms with Gasteiger partial charge in [0.05, 0.1) is 78.2 Å². The molecule has 0 unspecified atom stereocenters. The van der Waals surface area contributed by atoms with E-state index in [1.165, 1.54) is 0 Å². The number of unbranched alkanes of at least 4 members (excludes halogenated alkanes) is 3. The topological polar surface area (TPSA) is 279 Å². The fraction of sp³-hybridized carbons (Fsp3) is 0.881. The van der Waals surface area contributed by atoms with Gasteiger partial charge in [-0.05, 0) is 113 Å². The Balaban J connectivity index is 4.31. The smallest absolute Gasteiger partial charge is 0.442 e. The maximum Gasteiger partial charge on any atom is 0.444 e. The number of carbonyl (C=O) groups excluding carboxylic acids is 5. The minimum atomic E-state index is -0.988. The molecule has 0 aromatic carbocycles. The van der Waals surface area contributed by atoms with E-state index in [9.17, 15) is 24.0 Å². The quantitative estimate of drug-likeness (QED) is 0.0439. The van der Waals surface area contributed by atoms with Crippen molar-refractivity contribution < 1.29 is 62.0 Å². The number of carbonyl (C=O) groups is 5. The normalized spacial score (nSPS) is 13.3. The Morgan fingerprint density at radius 2 is 0.934 bits per heavy atom. The SMILES string of the molecule is CC(C)(C)OC(=O)N(OCCOCCOCCOCCOCCOCCCC(=O)[C@H](CCCCN)NC(=O)[C@H](CCCCN)CC(=O)[C@@H](N)CCCCN)C(=O)OC(C)(C)C. The van der Waals surface area contributed by atoms with E-state index in [2.05, 4.69) is 5.32 Å². The number of ketones is 2. The van der Waals surface area contributed by atoms with Gasteiger partial charge in [-0.15, -0.1) is 0 Å². The molecule has 0 aliphatic carbocycles. The highest BCUT2D eigenvalue weighted by Crippen LogP contribution is 2.18. The first-order valence-electron chi connectivity index (χ1n) is 21.9. The van der Waals surface area contributed by atoms with Gasteiger partial charge in [-0.2, -0.15) is 0 Å². The Kier molecular flexibility index (Phi) is 33.9. The van der Waals surface area contributed by atoms with E-state index in [4.69, 9.17) is 60.9 Å². The molecule has 0 aliphatic rings. The standard InChI is InChI=1S/C42H82N6O13/c1-41(2,3)60-39(52)48(40(53)61-42(4,5)6)59-31-30-58-29-28-57-27-26-56-25-24-55-23-22-54-21-13-17-36(49)35(16-9-12-20-45)47-38(51)33(14-7-10-18-43)32-37(50)34(46)15-8-11-19-44/h33-35H,7-32,43-46H2,1-6H3,(H,47,51)/t33-,34+,35+/m1/s1. The number of imide groups is 1. The molecule has 3 atom stereocenters. The first-order chi connectivity index (χ1) is 28.9. The predicted molar refractivity (Wildman–Crippen MR) is 230 cm³/mol. The molecule has 3 amide bonds. The summed E-state index contributed by atoms with van der Waals surface area (Å²) >= 11 is 0. The highest BCUT2D eigenvalue weighted by Gasteiger charge is 2.33. The average molecular weight is 879 g/mol. The first-order valence-corrected chi connectivity index (χ1v) is 21.9. The summed E-state index contributed by atoms with van der Waals surface area (Å²) in [6, 6.07) is -1.32. The molecule has 0 fully saturated rings. The van der Waals surface area contributed by atoms with Crippen LogP contribution in [0, 0.1) is 5.92 Å². The second-order valence-electron chi connectivity index (χ2n) is 16.6. The van der Waals surface area contributed by atoms with E-state index in [1.807, 2.05) is 0 Å². The predicted octanol–water partition coefficient (Wildman–Crippen LogP) is 3.30. The van der Waals surface area contributed by atoms with Crippen molar-refractivity contribution in [2.24, 2.45) is 28.9 Å². The number of ether oxygens (including phenoxy) is 7. The molecule has 0 saturated heterocycles. The number of amides is 3. The van der Waals surface area contributed by atoms with Crippen molar-refractivity contribution in [1.29, 1.82) is 0 Å². The molecule has 0 aromatic heterocycles. The van der Waals surface area contributed by atoms with Gasteiger partial charge < -0.3 is 61.4 Å². The zero-order chi connectivity index (χ0) is 45.9. The highest BCUT2D eigenvalue weighted by molar-refractivity contribution is 5.93. The van der Waals surface area contributed by atoms with E-state index in [0.29, 0.717) is 116 Å². The highest BCUT2D eigenvalue weighted by atomic mass is 16.8. The Morgan fingerprint density at radius 3 is 1.38 bits per heavy atom. The van der Waals surface area contributed by atoms with Crippen LogP contribution in [0.15, 0.2) is 0 Å². The van der Waals surface area contributed by atoms with Crippen LogP contribution in [0.3, 0.4) is 0 Å². The minimum absolute atomic E-state index is 0.0255. The van der Waals surface area contributed by atoms with Crippen LogP contribution >= 0.6 is 0 Å². The third-order valence-electron chi connectivity index (χ3n) is 8.63. The summed E-state index contributed by atoms with van der Waals surface area (Å²) in [5, 5.41) is 3.39. The summed E-state index contributed by atoms with van der Waals surface area (Å²) in [6.07, 6.45) is 4.62. The van der Waals surface area contributed by atoms with Crippen LogP contribution in [0.2, 0.25) is 0 Å². The van der Waals surface area contributed by atoms with Gasteiger partial charge in [0, 0.05) is 25.4 Å². The third-order valence-corrected chi connectivity index (χ3v) is 8.63. The zero-order valence-corrected chi connectivity index (χ0v) is 38.2. The number of nitrogens with two attached hydrogens (primary N) is 4. The lowest BCUT2D eigenvalue weighted by Crippen LogP contribution is -2.45. The van der Waals surface area contributed by atoms with E-state index in [0.717, 1.165) is 25.7 Å². The van der Waals surface area contributed by atoms with Gasteiger partial charge in [-0.3, -0.25) is 19.2 Å². The number of nitrogens with one attached hydrogen (secondary N) is 1. The van der Waals surface area contributed by atoms with Crippen molar-refractivity contribution in [2.75, 3.05) is 92.3 Å². The van der Waals surface area contributed by atoms with Crippen LogP contribution in [0.4, 0.5) is 9.59 Å². The molecule has 0 rings (SSSR count). The molecule has 0 aromatic rings. The minimum Gasteiger partial charge on any atom is -0.442 e. The fourth-order valence-corrected chi connectivity index (χ4v) is 5.50. The van der Waals surface area contributed by atoms with Crippen LogP contribution in [0.1, 0.15) is 119 Å². The van der Waals surface area contributed by atoms with Crippen molar-refractivity contribution in [3.63, 3.8) is 0 Å². The second kappa shape index (κ2) is 35.6. The second-order valence-corrected chi connectivity index (χ2v) is 16.6. The molecule has 0 heterocycles. The Morgan fingerprint density at radius 1 is 0.525 bits per heavy atom. The molecule has 9 N–H and O–H groups in total. The molecule has 0 spiro atoms. The van der Waals surface area contributed by atoms with Gasteiger partial charge in [-0.25, -0.2) is 9.59 Å². The van der Waals surface area contributed by atoms with Gasteiger partial charge in [-0.1, -0.05) is 17.9 Å². The van der Waals surface area contributed by atoms with Crippen LogP contribution in [0.25, 0.3) is 0 Å². The molecule has 0 bridgehead atoms. The van der Waals surface area contributed by atoms with Crippen molar-refractivity contribution in [1.82, 2.24) is 10.4 Å². The van der Waals surface area contributed by atoms with E-state index in [1.54, 1.807) is 41.5 Å². The van der Waals surface area contributed by atoms with Crippen LogP contribution in [-0.4, -0.2) is 150 Å². The number of rotatable bonds is 38. The molecule has 19 heteroatoms. The van der Waals surface area contributed by atoms with E-state index >= 15 is 0 Å². The zero-order valence-electron chi connectivity index (χ0n) is 38.2. The molecule has 61 heavy (non-hydrogen) atoms. The van der Waals surface area contributed by atoms with Crippen molar-refractivity contribution in [3.8, 4) is 0 Å². The van der Waals surface area contributed by atoms with Gasteiger partial charge >= 0.3 is 12.2 Å². The van der Waals surface area contributed by atoms with Crippen LogP contribution in [-0.2, 0) is 52.4 Å². The summed E-state index contributed by atoms with van der Waals surface area (Å²) in [7, 11) is 0. The van der Waals surface area contributed by atoms with Gasteiger partial charge in [0.2, 0.25) is 5.91 Å². The number of hydroxylamine groups is 2. The number of hydrogen-bond donors (Lipinski definition) is 5. The molecule has 19 nitrogen and oxygen atoms in total. The Bertz CT molecular complexity index is 1160. The van der Waals surface area contributed by atoms with Gasteiger partial charge in [0.25, 0.3) is 0 Å². The molecular weight excluding hydrogens is 796 g/mol. The maximum atomic E-state index is 13.4. The number of nitrogens with zero attached hydrogens (tertiary/aromatic N) is 1. The van der Waals surface area contributed by atoms with Crippen molar-refractivity contribution >= 4 is 29.7 Å². The average Bonchev–Trinajstić information content (AvgIpc) is 3.17. The summed E-state index contributed by atoms with van der Waals surface area (Å²) in [5.41, 5.74) is 21.4. The monoisotopic (exact) mass is 879 g/mol. The molecular formula is C42H82N6O13. The molecule has 0 radical (unpaired) electrons. The fourth-order valence-electron chi connectivity index (χ4n) is 5.50. The maximum absolute atomic E-state index is 13.4. The van der Waals surface area contributed by atoms with Gasteiger partial charge in [0.15, 0.2) is 5.78 Å². The molecule has 0 saturated carbocycles. The van der Waals surface area contributed by atoms with Crippen molar-refractivity contribution in [3.05, 3.63) is 0 Å². The van der Waals surface area contributed by atoms with Crippen LogP contribution in [0.5, 0.6) is 0 Å². The van der Waals surface area contributed by atoms with Crippen molar-refractivity contribution in [2.45, 2.75) is 142 Å².